The first kappa shape index (κ1) is 17.7. The molecule has 4 rings (SSSR count). The summed E-state index contributed by atoms with van der Waals surface area (Å²) in [4.78, 5) is 20.1. The van der Waals surface area contributed by atoms with Crippen molar-refractivity contribution in [2.24, 2.45) is 0 Å². The molecule has 0 bridgehead atoms. The minimum atomic E-state index is 0.0437. The molecular formula is C21H24N4O2. The number of carbonyl (C=O) groups excluding carboxylic acids is 1. The number of aromatic nitrogens is 3. The zero-order valence-electron chi connectivity index (χ0n) is 15.7. The summed E-state index contributed by atoms with van der Waals surface area (Å²) in [6.07, 6.45) is 5.45. The summed E-state index contributed by atoms with van der Waals surface area (Å²) in [5.74, 6) is 0.0437. The van der Waals surface area contributed by atoms with Crippen molar-refractivity contribution < 1.29 is 9.53 Å². The van der Waals surface area contributed by atoms with E-state index in [-0.39, 0.29) is 12.0 Å². The molecule has 0 spiro atoms. The van der Waals surface area contributed by atoms with Crippen LogP contribution in [0.15, 0.2) is 36.7 Å². The van der Waals surface area contributed by atoms with Gasteiger partial charge in [0.15, 0.2) is 0 Å². The van der Waals surface area contributed by atoms with Gasteiger partial charge in [-0.15, -0.1) is 0 Å². The Labute approximate surface area is 158 Å². The predicted octanol–water partition coefficient (Wildman–Crippen LogP) is 3.44. The number of hydrogen-bond donors (Lipinski definition) is 1. The largest absolute Gasteiger partial charge is 0.375 e. The number of pyridine rings is 1. The third-order valence-corrected chi connectivity index (χ3v) is 5.19. The molecule has 2 aromatic heterocycles. The summed E-state index contributed by atoms with van der Waals surface area (Å²) in [5, 5.41) is 7.74. The number of fused-ring (bicyclic) bond motifs is 1. The van der Waals surface area contributed by atoms with Gasteiger partial charge >= 0.3 is 0 Å². The number of rotatable bonds is 4. The van der Waals surface area contributed by atoms with Crippen molar-refractivity contribution in [2.45, 2.75) is 32.8 Å². The van der Waals surface area contributed by atoms with E-state index >= 15 is 0 Å². The SMILES string of the molecule is CCc1ccc2nc(-c3cn[nH]c3)cc(C(=O)N3CCOC(CC)C3)c2c1. The van der Waals surface area contributed by atoms with Gasteiger partial charge in [-0.25, -0.2) is 4.98 Å². The van der Waals surface area contributed by atoms with Crippen molar-refractivity contribution in [2.75, 3.05) is 19.7 Å². The van der Waals surface area contributed by atoms with Crippen LogP contribution in [0.1, 0.15) is 36.2 Å². The number of aryl methyl sites for hydroxylation is 1. The maximum absolute atomic E-state index is 13.4. The first-order chi connectivity index (χ1) is 13.2. The first-order valence-electron chi connectivity index (χ1n) is 9.53. The molecule has 3 aromatic rings. The number of nitrogens with zero attached hydrogens (tertiary/aromatic N) is 3. The molecule has 3 heterocycles. The van der Waals surface area contributed by atoms with E-state index in [0.717, 1.165) is 35.0 Å². The fourth-order valence-electron chi connectivity index (χ4n) is 3.53. The van der Waals surface area contributed by atoms with Crippen LogP contribution in [-0.4, -0.2) is 51.8 Å². The normalized spacial score (nSPS) is 17.4. The van der Waals surface area contributed by atoms with Crippen molar-refractivity contribution in [3.05, 3.63) is 47.8 Å². The Balaban J connectivity index is 1.82. The highest BCUT2D eigenvalue weighted by molar-refractivity contribution is 6.07. The fraction of sp³-hybridized carbons (Fsp3) is 0.381. The van der Waals surface area contributed by atoms with E-state index in [1.165, 1.54) is 5.56 Å². The molecule has 1 aromatic carbocycles. The molecule has 1 unspecified atom stereocenters. The molecule has 1 atom stereocenters. The maximum Gasteiger partial charge on any atom is 0.254 e. The Hall–Kier alpha value is -2.73. The van der Waals surface area contributed by atoms with Gasteiger partial charge < -0.3 is 9.64 Å². The number of morpholine rings is 1. The number of hydrogen-bond acceptors (Lipinski definition) is 4. The zero-order valence-corrected chi connectivity index (χ0v) is 15.7. The van der Waals surface area contributed by atoms with Crippen LogP contribution in [0.2, 0.25) is 0 Å². The number of nitrogens with one attached hydrogen (secondary N) is 1. The van der Waals surface area contributed by atoms with Crippen LogP contribution in [0.25, 0.3) is 22.2 Å². The first-order valence-corrected chi connectivity index (χ1v) is 9.53. The predicted molar refractivity (Wildman–Crippen MR) is 105 cm³/mol. The quantitative estimate of drug-likeness (QED) is 0.770. The molecule has 1 N–H and O–H groups in total. The van der Waals surface area contributed by atoms with E-state index < -0.39 is 0 Å². The van der Waals surface area contributed by atoms with Gasteiger partial charge in [0.25, 0.3) is 5.91 Å². The second-order valence-electron chi connectivity index (χ2n) is 6.90. The Morgan fingerprint density at radius 3 is 2.96 bits per heavy atom. The highest BCUT2D eigenvalue weighted by Crippen LogP contribution is 2.27. The van der Waals surface area contributed by atoms with Gasteiger partial charge in [-0.2, -0.15) is 5.10 Å². The molecular weight excluding hydrogens is 340 g/mol. The summed E-state index contributed by atoms with van der Waals surface area (Å²) in [7, 11) is 0. The van der Waals surface area contributed by atoms with Crippen LogP contribution < -0.4 is 0 Å². The average molecular weight is 364 g/mol. The summed E-state index contributed by atoms with van der Waals surface area (Å²) in [6, 6.07) is 8.06. The monoisotopic (exact) mass is 364 g/mol. The molecule has 0 radical (unpaired) electrons. The minimum absolute atomic E-state index is 0.0437. The lowest BCUT2D eigenvalue weighted by Crippen LogP contribution is -2.45. The van der Waals surface area contributed by atoms with Gasteiger partial charge in [0.2, 0.25) is 0 Å². The Morgan fingerprint density at radius 2 is 2.22 bits per heavy atom. The van der Waals surface area contributed by atoms with Crippen molar-refractivity contribution in [3.8, 4) is 11.3 Å². The van der Waals surface area contributed by atoms with Crippen LogP contribution in [0.4, 0.5) is 0 Å². The summed E-state index contributed by atoms with van der Waals surface area (Å²) < 4.78 is 5.73. The lowest BCUT2D eigenvalue weighted by Gasteiger charge is -2.32. The van der Waals surface area contributed by atoms with Gasteiger partial charge in [0.05, 0.1) is 35.7 Å². The smallest absolute Gasteiger partial charge is 0.254 e. The third-order valence-electron chi connectivity index (χ3n) is 5.19. The summed E-state index contributed by atoms with van der Waals surface area (Å²) >= 11 is 0. The zero-order chi connectivity index (χ0) is 18.8. The second-order valence-corrected chi connectivity index (χ2v) is 6.90. The highest BCUT2D eigenvalue weighted by Gasteiger charge is 2.26. The van der Waals surface area contributed by atoms with E-state index in [9.17, 15) is 4.79 Å². The molecule has 27 heavy (non-hydrogen) atoms. The Morgan fingerprint density at radius 1 is 1.33 bits per heavy atom. The highest BCUT2D eigenvalue weighted by atomic mass is 16.5. The van der Waals surface area contributed by atoms with Crippen LogP contribution in [0, 0.1) is 0 Å². The molecule has 6 nitrogen and oxygen atoms in total. The van der Waals surface area contributed by atoms with Crippen molar-refractivity contribution in [1.29, 1.82) is 0 Å². The van der Waals surface area contributed by atoms with Gasteiger partial charge in [-0.3, -0.25) is 9.89 Å². The maximum atomic E-state index is 13.4. The van der Waals surface area contributed by atoms with E-state index in [1.54, 1.807) is 12.4 Å². The van der Waals surface area contributed by atoms with Crippen LogP contribution in [0.5, 0.6) is 0 Å². The van der Waals surface area contributed by atoms with E-state index in [1.807, 2.05) is 17.0 Å². The van der Waals surface area contributed by atoms with Crippen LogP contribution in [-0.2, 0) is 11.2 Å². The molecule has 0 aliphatic carbocycles. The molecule has 6 heteroatoms. The summed E-state index contributed by atoms with van der Waals surface area (Å²) in [5.41, 5.74) is 4.35. The van der Waals surface area contributed by atoms with Crippen LogP contribution >= 0.6 is 0 Å². The molecule has 1 aliphatic rings. The van der Waals surface area contributed by atoms with Gasteiger partial charge in [0, 0.05) is 30.2 Å². The van der Waals surface area contributed by atoms with Crippen LogP contribution in [0.3, 0.4) is 0 Å². The number of carbonyl (C=O) groups is 1. The Kier molecular flexibility index (Phi) is 4.90. The number of amides is 1. The van der Waals surface area contributed by atoms with E-state index in [4.69, 9.17) is 9.72 Å². The summed E-state index contributed by atoms with van der Waals surface area (Å²) in [6.45, 7) is 6.04. The molecule has 1 amide bonds. The van der Waals surface area contributed by atoms with E-state index in [2.05, 4.69) is 36.2 Å². The molecule has 1 saturated heterocycles. The minimum Gasteiger partial charge on any atom is -0.375 e. The van der Waals surface area contributed by atoms with Crippen molar-refractivity contribution >= 4 is 16.8 Å². The van der Waals surface area contributed by atoms with E-state index in [0.29, 0.717) is 25.3 Å². The number of ether oxygens (including phenoxy) is 1. The van der Waals surface area contributed by atoms with Gasteiger partial charge in [-0.05, 0) is 36.6 Å². The average Bonchev–Trinajstić information content (AvgIpc) is 3.27. The fourth-order valence-corrected chi connectivity index (χ4v) is 3.53. The van der Waals surface area contributed by atoms with Crippen molar-refractivity contribution in [3.63, 3.8) is 0 Å². The third kappa shape index (κ3) is 3.45. The molecule has 140 valence electrons. The lowest BCUT2D eigenvalue weighted by molar-refractivity contribution is -0.0225. The topological polar surface area (TPSA) is 71.1 Å². The molecule has 1 fully saturated rings. The van der Waals surface area contributed by atoms with Gasteiger partial charge in [-0.1, -0.05) is 19.9 Å². The number of aromatic amines is 1. The van der Waals surface area contributed by atoms with Gasteiger partial charge in [0.1, 0.15) is 0 Å². The second kappa shape index (κ2) is 7.48. The Bertz CT molecular complexity index is 952. The lowest BCUT2D eigenvalue weighted by atomic mass is 10.0. The molecule has 0 saturated carbocycles. The standard InChI is InChI=1S/C21H24N4O2/c1-3-14-5-6-19-17(9-14)18(10-20(24-19)15-11-22-23-12-15)21(26)25-7-8-27-16(4-2)13-25/h5-6,9-12,16H,3-4,7-8,13H2,1-2H3,(H,22,23). The van der Waals surface area contributed by atoms with Crippen molar-refractivity contribution in [1.82, 2.24) is 20.1 Å². The molecule has 1 aliphatic heterocycles. The number of benzene rings is 1. The number of H-pyrrole nitrogens is 1.